The van der Waals surface area contributed by atoms with E-state index >= 15 is 0 Å². The van der Waals surface area contributed by atoms with E-state index in [1.165, 1.54) is 17.7 Å². The molecule has 3 heteroatoms. The van der Waals surface area contributed by atoms with Crippen LogP contribution in [0, 0.1) is 0 Å². The minimum Gasteiger partial charge on any atom is -0.497 e. The Bertz CT molecular complexity index is 293. The summed E-state index contributed by atoms with van der Waals surface area (Å²) < 4.78 is 10.7. The lowest BCUT2D eigenvalue weighted by Gasteiger charge is -2.04. The van der Waals surface area contributed by atoms with Gasteiger partial charge < -0.3 is 9.47 Å². The molecule has 82 valence electrons. The smallest absolute Gasteiger partial charge is 0.118 e. The van der Waals surface area contributed by atoms with E-state index < -0.39 is 0 Å². The van der Waals surface area contributed by atoms with Gasteiger partial charge in [0.1, 0.15) is 5.75 Å². The molecule has 1 aliphatic rings. The van der Waals surface area contributed by atoms with Crippen LogP contribution in [0.4, 0.5) is 0 Å². The molecule has 1 saturated heterocycles. The van der Waals surface area contributed by atoms with Gasteiger partial charge >= 0.3 is 0 Å². The van der Waals surface area contributed by atoms with Crippen molar-refractivity contribution < 1.29 is 9.47 Å². The molecule has 1 heterocycles. The summed E-state index contributed by atoms with van der Waals surface area (Å²) in [5.41, 5.74) is 1.21. The first-order valence-electron chi connectivity index (χ1n) is 5.21. The van der Waals surface area contributed by atoms with Crippen LogP contribution in [0.2, 0.25) is 0 Å². The summed E-state index contributed by atoms with van der Waals surface area (Å²) >= 11 is 2.02. The lowest BCUT2D eigenvalue weighted by Crippen LogP contribution is -1.98. The third-order valence-electron chi connectivity index (χ3n) is 2.41. The molecule has 15 heavy (non-hydrogen) atoms. The summed E-state index contributed by atoms with van der Waals surface area (Å²) in [7, 11) is 1.68. The van der Waals surface area contributed by atoms with Crippen LogP contribution in [0.3, 0.4) is 0 Å². The van der Waals surface area contributed by atoms with E-state index in [2.05, 4.69) is 0 Å². The van der Waals surface area contributed by atoms with Gasteiger partial charge in [-0.2, -0.15) is 11.8 Å². The Hall–Kier alpha value is -0.670. The molecule has 2 rings (SSSR count). The summed E-state index contributed by atoms with van der Waals surface area (Å²) in [6.45, 7) is 1.59. The van der Waals surface area contributed by atoms with Gasteiger partial charge in [0.2, 0.25) is 0 Å². The number of thioether (sulfide) groups is 1. The van der Waals surface area contributed by atoms with Gasteiger partial charge in [-0.1, -0.05) is 12.1 Å². The van der Waals surface area contributed by atoms with Crippen LogP contribution >= 0.6 is 11.8 Å². The largest absolute Gasteiger partial charge is 0.497 e. The second kappa shape index (κ2) is 5.42. The van der Waals surface area contributed by atoms with Gasteiger partial charge in [-0.25, -0.2) is 0 Å². The number of rotatable bonds is 6. The fraction of sp³-hybridized carbons (Fsp3) is 0.500. The van der Waals surface area contributed by atoms with Crippen LogP contribution in [-0.4, -0.2) is 24.7 Å². The van der Waals surface area contributed by atoms with Crippen LogP contribution in [0.15, 0.2) is 24.3 Å². The van der Waals surface area contributed by atoms with Crippen molar-refractivity contribution in [1.29, 1.82) is 0 Å². The van der Waals surface area contributed by atoms with E-state index in [4.69, 9.17) is 9.47 Å². The van der Waals surface area contributed by atoms with Gasteiger partial charge in [-0.3, -0.25) is 0 Å². The number of hydrogen-bond donors (Lipinski definition) is 0. The van der Waals surface area contributed by atoms with Crippen molar-refractivity contribution in [3.05, 3.63) is 29.8 Å². The Kier molecular flexibility index (Phi) is 3.92. The van der Waals surface area contributed by atoms with E-state index in [1.54, 1.807) is 7.11 Å². The maximum absolute atomic E-state index is 5.59. The van der Waals surface area contributed by atoms with Crippen LogP contribution < -0.4 is 4.74 Å². The molecule has 1 aromatic rings. The fourth-order valence-corrected chi connectivity index (χ4v) is 1.93. The molecule has 0 aromatic heterocycles. The summed E-state index contributed by atoms with van der Waals surface area (Å²) in [5.74, 6) is 2.22. The van der Waals surface area contributed by atoms with Crippen LogP contribution in [0.1, 0.15) is 12.0 Å². The summed E-state index contributed by atoms with van der Waals surface area (Å²) in [6.07, 6.45) is 1.20. The molecular formula is C12H16O2S. The average Bonchev–Trinajstić information content (AvgIpc) is 3.09. The standard InChI is InChI=1S/C12H16O2S/c1-13-11-4-2-10(3-5-11)8-14-7-6-12-9-15-12/h2-5,12H,6-9H2,1H3. The van der Waals surface area contributed by atoms with Crippen molar-refractivity contribution in [3.63, 3.8) is 0 Å². The van der Waals surface area contributed by atoms with Crippen LogP contribution in [0.5, 0.6) is 5.75 Å². The summed E-state index contributed by atoms with van der Waals surface area (Å²) in [4.78, 5) is 0. The first kappa shape index (κ1) is 10.8. The van der Waals surface area contributed by atoms with Gasteiger partial charge in [-0.15, -0.1) is 0 Å². The first-order chi connectivity index (χ1) is 7.38. The zero-order chi connectivity index (χ0) is 10.5. The quantitative estimate of drug-likeness (QED) is 0.547. The third-order valence-corrected chi connectivity index (χ3v) is 3.45. The van der Waals surface area contributed by atoms with E-state index in [1.807, 2.05) is 36.0 Å². The van der Waals surface area contributed by atoms with Crippen molar-refractivity contribution in [2.45, 2.75) is 18.3 Å². The Balaban J connectivity index is 1.67. The minimum atomic E-state index is 0.710. The van der Waals surface area contributed by atoms with E-state index in [0.717, 1.165) is 17.6 Å². The highest BCUT2D eigenvalue weighted by molar-refractivity contribution is 8.06. The molecule has 0 aliphatic carbocycles. The van der Waals surface area contributed by atoms with Gasteiger partial charge in [0.15, 0.2) is 0 Å². The molecule has 1 unspecified atom stereocenters. The number of ether oxygens (including phenoxy) is 2. The predicted molar refractivity (Wildman–Crippen MR) is 63.5 cm³/mol. The molecule has 0 amide bonds. The molecule has 0 spiro atoms. The molecular weight excluding hydrogens is 208 g/mol. The highest BCUT2D eigenvalue weighted by Crippen LogP contribution is 2.32. The van der Waals surface area contributed by atoms with Crippen molar-refractivity contribution in [2.24, 2.45) is 0 Å². The normalized spacial score (nSPS) is 18.9. The second-order valence-electron chi connectivity index (χ2n) is 3.64. The van der Waals surface area contributed by atoms with Gasteiger partial charge in [-0.05, 0) is 24.1 Å². The first-order valence-corrected chi connectivity index (χ1v) is 6.25. The van der Waals surface area contributed by atoms with Crippen molar-refractivity contribution in [1.82, 2.24) is 0 Å². The molecule has 1 atom stereocenters. The topological polar surface area (TPSA) is 18.5 Å². The van der Waals surface area contributed by atoms with E-state index in [9.17, 15) is 0 Å². The zero-order valence-electron chi connectivity index (χ0n) is 8.94. The Morgan fingerprint density at radius 2 is 2.07 bits per heavy atom. The minimum absolute atomic E-state index is 0.710. The predicted octanol–water partition coefficient (Wildman–Crippen LogP) is 2.72. The van der Waals surface area contributed by atoms with Gasteiger partial charge in [0, 0.05) is 17.6 Å². The number of benzene rings is 1. The molecule has 1 aliphatic heterocycles. The maximum Gasteiger partial charge on any atom is 0.118 e. The molecule has 2 nitrogen and oxygen atoms in total. The highest BCUT2D eigenvalue weighted by atomic mass is 32.2. The average molecular weight is 224 g/mol. The monoisotopic (exact) mass is 224 g/mol. The van der Waals surface area contributed by atoms with Gasteiger partial charge in [0.25, 0.3) is 0 Å². The molecule has 1 aromatic carbocycles. The Morgan fingerprint density at radius 3 is 2.67 bits per heavy atom. The third kappa shape index (κ3) is 3.76. The van der Waals surface area contributed by atoms with E-state index in [0.29, 0.717) is 6.61 Å². The molecule has 0 saturated carbocycles. The van der Waals surface area contributed by atoms with Crippen LogP contribution in [0.25, 0.3) is 0 Å². The maximum atomic E-state index is 5.59. The number of methoxy groups -OCH3 is 1. The van der Waals surface area contributed by atoms with Crippen molar-refractivity contribution >= 4 is 11.8 Å². The molecule has 0 bridgehead atoms. The zero-order valence-corrected chi connectivity index (χ0v) is 9.76. The van der Waals surface area contributed by atoms with Crippen molar-refractivity contribution in [3.8, 4) is 5.75 Å². The fourth-order valence-electron chi connectivity index (χ4n) is 1.36. The molecule has 0 radical (unpaired) electrons. The van der Waals surface area contributed by atoms with Gasteiger partial charge in [0.05, 0.1) is 13.7 Å². The van der Waals surface area contributed by atoms with Crippen molar-refractivity contribution in [2.75, 3.05) is 19.5 Å². The highest BCUT2D eigenvalue weighted by Gasteiger charge is 2.21. The molecule has 0 N–H and O–H groups in total. The lowest BCUT2D eigenvalue weighted by atomic mass is 10.2. The molecule has 1 fully saturated rings. The SMILES string of the molecule is COc1ccc(COCCC2CS2)cc1. The summed E-state index contributed by atoms with van der Waals surface area (Å²) in [5, 5.41) is 0.876. The number of hydrogen-bond acceptors (Lipinski definition) is 3. The Labute approximate surface area is 95.0 Å². The Morgan fingerprint density at radius 1 is 1.33 bits per heavy atom. The second-order valence-corrected chi connectivity index (χ2v) is 4.98. The van der Waals surface area contributed by atoms with E-state index in [-0.39, 0.29) is 0 Å². The summed E-state index contributed by atoms with van der Waals surface area (Å²) in [6, 6.07) is 8.03. The van der Waals surface area contributed by atoms with Crippen LogP contribution in [-0.2, 0) is 11.3 Å². The lowest BCUT2D eigenvalue weighted by molar-refractivity contribution is 0.120.